The van der Waals surface area contributed by atoms with Gasteiger partial charge in [0.05, 0.1) is 10.1 Å². The van der Waals surface area contributed by atoms with Crippen molar-refractivity contribution in [1.29, 1.82) is 0 Å². The molecule has 0 unspecified atom stereocenters. The fraction of sp³-hybridized carbons (Fsp3) is 0.364. The normalized spacial score (nSPS) is 13.8. The highest BCUT2D eigenvalue weighted by atomic mass is 32.1. The Labute approximate surface area is 98.2 Å². The zero-order chi connectivity index (χ0) is 11.5. The Hall–Kier alpha value is -1.58. The minimum atomic E-state index is -0.416. The first-order valence-corrected chi connectivity index (χ1v) is 5.52. The number of nitrogens with zero attached hydrogens (tertiary/aromatic N) is 2. The summed E-state index contributed by atoms with van der Waals surface area (Å²) >= 11 is 4.55. The number of aliphatic imine (C=N–C) groups is 1. The molecule has 0 aromatic heterocycles. The van der Waals surface area contributed by atoms with Crippen LogP contribution in [0.5, 0.6) is 0 Å². The number of thiocarbonyl (C=S) groups is 1. The van der Waals surface area contributed by atoms with Crippen LogP contribution in [0.3, 0.4) is 0 Å². The number of hydrogen-bond acceptors (Lipinski definition) is 4. The summed E-state index contributed by atoms with van der Waals surface area (Å²) in [6, 6.07) is 3.34. The molecular formula is C11H10N2O2S. The molecule has 0 spiro atoms. The SMILES string of the molecule is O=[N+]([O-])c1ccc2c(c1N=C=S)CCCC2. The Morgan fingerprint density at radius 1 is 1.38 bits per heavy atom. The number of rotatable bonds is 2. The molecule has 1 aliphatic carbocycles. The lowest BCUT2D eigenvalue weighted by Crippen LogP contribution is -2.04. The minimum Gasteiger partial charge on any atom is -0.258 e. The first-order chi connectivity index (χ1) is 7.74. The van der Waals surface area contributed by atoms with E-state index in [1.54, 1.807) is 0 Å². The van der Waals surface area contributed by atoms with Crippen molar-refractivity contribution in [3.05, 3.63) is 33.4 Å². The summed E-state index contributed by atoms with van der Waals surface area (Å²) in [5.74, 6) is 0. The second kappa shape index (κ2) is 4.51. The lowest BCUT2D eigenvalue weighted by molar-refractivity contribution is -0.384. The molecule has 0 atom stereocenters. The van der Waals surface area contributed by atoms with E-state index < -0.39 is 4.92 Å². The highest BCUT2D eigenvalue weighted by Gasteiger charge is 2.21. The molecule has 0 aliphatic heterocycles. The van der Waals surface area contributed by atoms with Crippen LogP contribution in [-0.4, -0.2) is 10.1 Å². The molecule has 0 saturated heterocycles. The molecule has 1 aromatic rings. The van der Waals surface area contributed by atoms with Gasteiger partial charge in [0.25, 0.3) is 5.69 Å². The van der Waals surface area contributed by atoms with Gasteiger partial charge in [-0.1, -0.05) is 6.07 Å². The summed E-state index contributed by atoms with van der Waals surface area (Å²) in [4.78, 5) is 14.3. The lowest BCUT2D eigenvalue weighted by atomic mass is 9.90. The molecule has 1 aromatic carbocycles. The number of fused-ring (bicyclic) bond motifs is 1. The predicted molar refractivity (Wildman–Crippen MR) is 64.4 cm³/mol. The van der Waals surface area contributed by atoms with Crippen LogP contribution in [0.25, 0.3) is 0 Å². The Balaban J connectivity index is 2.65. The molecular weight excluding hydrogens is 224 g/mol. The maximum atomic E-state index is 10.9. The maximum absolute atomic E-state index is 10.9. The van der Waals surface area contributed by atoms with Gasteiger partial charge in [0.1, 0.15) is 0 Å². The molecule has 4 nitrogen and oxygen atoms in total. The van der Waals surface area contributed by atoms with Gasteiger partial charge < -0.3 is 0 Å². The third kappa shape index (κ3) is 1.87. The fourth-order valence-electron chi connectivity index (χ4n) is 2.11. The second-order valence-electron chi connectivity index (χ2n) is 3.74. The third-order valence-corrected chi connectivity index (χ3v) is 2.93. The zero-order valence-corrected chi connectivity index (χ0v) is 9.42. The van der Waals surface area contributed by atoms with E-state index in [9.17, 15) is 10.1 Å². The smallest absolute Gasteiger partial charge is 0.258 e. The molecule has 0 heterocycles. The van der Waals surface area contributed by atoms with Crippen molar-refractivity contribution in [2.75, 3.05) is 0 Å². The molecule has 82 valence electrons. The Morgan fingerprint density at radius 3 is 2.81 bits per heavy atom. The number of hydrogen-bond donors (Lipinski definition) is 0. The van der Waals surface area contributed by atoms with Gasteiger partial charge in [0.2, 0.25) is 0 Å². The molecule has 5 heteroatoms. The van der Waals surface area contributed by atoms with Crippen LogP contribution in [0.2, 0.25) is 0 Å². The topological polar surface area (TPSA) is 55.5 Å². The van der Waals surface area contributed by atoms with Crippen LogP contribution < -0.4 is 0 Å². The van der Waals surface area contributed by atoms with Gasteiger partial charge in [-0.3, -0.25) is 10.1 Å². The van der Waals surface area contributed by atoms with Crippen molar-refractivity contribution in [1.82, 2.24) is 0 Å². The largest absolute Gasteiger partial charge is 0.295 e. The summed E-state index contributed by atoms with van der Waals surface area (Å²) in [5, 5.41) is 13.1. The lowest BCUT2D eigenvalue weighted by Gasteiger charge is -2.16. The monoisotopic (exact) mass is 234 g/mol. The summed E-state index contributed by atoms with van der Waals surface area (Å²) in [6.07, 6.45) is 3.99. The van der Waals surface area contributed by atoms with Crippen LogP contribution in [0.4, 0.5) is 11.4 Å². The summed E-state index contributed by atoms with van der Waals surface area (Å²) in [6.45, 7) is 0. The Bertz CT molecular complexity index is 493. The molecule has 0 N–H and O–H groups in total. The fourth-order valence-corrected chi connectivity index (χ4v) is 2.21. The van der Waals surface area contributed by atoms with Crippen molar-refractivity contribution in [2.45, 2.75) is 25.7 Å². The summed E-state index contributed by atoms with van der Waals surface area (Å²) in [7, 11) is 0. The number of nitro groups is 1. The van der Waals surface area contributed by atoms with E-state index in [1.807, 2.05) is 6.07 Å². The van der Waals surface area contributed by atoms with Gasteiger partial charge in [-0.2, -0.15) is 4.99 Å². The van der Waals surface area contributed by atoms with E-state index in [0.717, 1.165) is 36.8 Å². The van der Waals surface area contributed by atoms with Crippen molar-refractivity contribution < 1.29 is 4.92 Å². The van der Waals surface area contributed by atoms with Crippen LogP contribution in [-0.2, 0) is 12.8 Å². The molecule has 0 bridgehead atoms. The van der Waals surface area contributed by atoms with Crippen molar-refractivity contribution >= 4 is 28.8 Å². The van der Waals surface area contributed by atoms with Crippen molar-refractivity contribution in [2.24, 2.45) is 4.99 Å². The molecule has 0 saturated carbocycles. The van der Waals surface area contributed by atoms with E-state index in [1.165, 1.54) is 6.07 Å². The van der Waals surface area contributed by atoms with E-state index in [2.05, 4.69) is 22.4 Å². The highest BCUT2D eigenvalue weighted by molar-refractivity contribution is 7.78. The van der Waals surface area contributed by atoms with E-state index >= 15 is 0 Å². The van der Waals surface area contributed by atoms with Crippen molar-refractivity contribution in [3.8, 4) is 0 Å². The predicted octanol–water partition coefficient (Wildman–Crippen LogP) is 3.21. The molecule has 0 fully saturated rings. The number of aryl methyl sites for hydroxylation is 1. The molecule has 0 amide bonds. The first kappa shape index (κ1) is 10.9. The van der Waals surface area contributed by atoms with Gasteiger partial charge in [0.15, 0.2) is 5.69 Å². The molecule has 1 aliphatic rings. The molecule has 16 heavy (non-hydrogen) atoms. The second-order valence-corrected chi connectivity index (χ2v) is 3.92. The summed E-state index contributed by atoms with van der Waals surface area (Å²) < 4.78 is 0. The quantitative estimate of drug-likeness (QED) is 0.342. The van der Waals surface area contributed by atoms with E-state index in [0.29, 0.717) is 5.69 Å². The van der Waals surface area contributed by atoms with Gasteiger partial charge in [0, 0.05) is 6.07 Å². The van der Waals surface area contributed by atoms with Gasteiger partial charge in [-0.15, -0.1) is 0 Å². The number of isothiocyanates is 1. The first-order valence-electron chi connectivity index (χ1n) is 5.11. The third-order valence-electron chi connectivity index (χ3n) is 2.84. The van der Waals surface area contributed by atoms with Crippen LogP contribution in [0, 0.1) is 10.1 Å². The molecule has 2 rings (SSSR count). The van der Waals surface area contributed by atoms with Crippen LogP contribution in [0.15, 0.2) is 17.1 Å². The van der Waals surface area contributed by atoms with Crippen molar-refractivity contribution in [3.63, 3.8) is 0 Å². The zero-order valence-electron chi connectivity index (χ0n) is 8.60. The Kier molecular flexibility index (Phi) is 3.08. The number of nitro benzene ring substituents is 1. The highest BCUT2D eigenvalue weighted by Crippen LogP contribution is 2.37. The van der Waals surface area contributed by atoms with Gasteiger partial charge in [-0.05, 0) is 49.0 Å². The minimum absolute atomic E-state index is 0.0259. The summed E-state index contributed by atoms with van der Waals surface area (Å²) in [5.41, 5.74) is 2.55. The van der Waals surface area contributed by atoms with E-state index in [-0.39, 0.29) is 5.69 Å². The Morgan fingerprint density at radius 2 is 2.12 bits per heavy atom. The molecule has 0 radical (unpaired) electrons. The van der Waals surface area contributed by atoms with E-state index in [4.69, 9.17) is 0 Å². The number of benzene rings is 1. The average Bonchev–Trinajstić information content (AvgIpc) is 2.29. The van der Waals surface area contributed by atoms with Gasteiger partial charge >= 0.3 is 0 Å². The average molecular weight is 234 g/mol. The van der Waals surface area contributed by atoms with Crippen LogP contribution in [0.1, 0.15) is 24.0 Å². The standard InChI is InChI=1S/C11H10N2O2S/c14-13(15)10-6-5-8-3-1-2-4-9(8)11(10)12-7-16/h5-6H,1-4H2. The van der Waals surface area contributed by atoms with Crippen LogP contribution >= 0.6 is 12.2 Å². The maximum Gasteiger partial charge on any atom is 0.295 e. The van der Waals surface area contributed by atoms with Gasteiger partial charge in [-0.25, -0.2) is 0 Å².